The minimum atomic E-state index is -0.542. The first-order valence-corrected chi connectivity index (χ1v) is 12.5. The number of ether oxygens (including phenoxy) is 1. The van der Waals surface area contributed by atoms with Crippen LogP contribution >= 0.6 is 0 Å². The van der Waals surface area contributed by atoms with Gasteiger partial charge in [0.1, 0.15) is 11.6 Å². The Morgan fingerprint density at radius 2 is 2.06 bits per heavy atom. The number of hydrogen-bond acceptors (Lipinski definition) is 7. The predicted molar refractivity (Wildman–Crippen MR) is 128 cm³/mol. The molecule has 0 bridgehead atoms. The summed E-state index contributed by atoms with van der Waals surface area (Å²) in [5.74, 6) is 1.26. The number of nitrogens with two attached hydrogens (primary N) is 1. The number of aromatic nitrogens is 2. The Kier molecular flexibility index (Phi) is 8.03. The fraction of sp³-hybridized carbons (Fsp3) is 0.640. The second kappa shape index (κ2) is 11.2. The van der Waals surface area contributed by atoms with Crippen LogP contribution in [0.2, 0.25) is 0 Å². The summed E-state index contributed by atoms with van der Waals surface area (Å²) in [6.45, 7) is 7.49. The van der Waals surface area contributed by atoms with Crippen LogP contribution in [-0.2, 0) is 0 Å². The van der Waals surface area contributed by atoms with E-state index in [1.54, 1.807) is 11.0 Å². The molecule has 8 nitrogen and oxygen atoms in total. The maximum absolute atomic E-state index is 14.6. The maximum Gasteiger partial charge on any atom is 0.324 e. The van der Waals surface area contributed by atoms with E-state index >= 15 is 0 Å². The van der Waals surface area contributed by atoms with E-state index in [2.05, 4.69) is 28.9 Å². The average Bonchev–Trinajstić information content (AvgIpc) is 3.52. The van der Waals surface area contributed by atoms with Crippen LogP contribution in [0, 0.1) is 11.7 Å². The van der Waals surface area contributed by atoms with Crippen LogP contribution in [0.3, 0.4) is 0 Å². The van der Waals surface area contributed by atoms with Gasteiger partial charge in [-0.1, -0.05) is 19.0 Å². The Morgan fingerprint density at radius 3 is 2.74 bits per heavy atom. The van der Waals surface area contributed by atoms with Crippen LogP contribution in [0.25, 0.3) is 0 Å². The highest BCUT2D eigenvalue weighted by Gasteiger charge is 2.30. The Labute approximate surface area is 200 Å². The molecule has 2 fully saturated rings. The van der Waals surface area contributed by atoms with Gasteiger partial charge in [0, 0.05) is 44.2 Å². The van der Waals surface area contributed by atoms with Gasteiger partial charge in [-0.3, -0.25) is 4.79 Å². The van der Waals surface area contributed by atoms with Crippen molar-refractivity contribution in [3.8, 4) is 5.75 Å². The number of rotatable bonds is 9. The lowest BCUT2D eigenvalue weighted by atomic mass is 9.92. The molecule has 2 aliphatic heterocycles. The number of benzene rings is 1. The summed E-state index contributed by atoms with van der Waals surface area (Å²) in [5.41, 5.74) is 5.83. The van der Waals surface area contributed by atoms with Crippen molar-refractivity contribution in [1.82, 2.24) is 15.0 Å². The number of halogens is 1. The molecule has 0 aliphatic carbocycles. The molecule has 9 heteroatoms. The monoisotopic (exact) mass is 473 g/mol. The molecule has 0 saturated carbocycles. The molecule has 1 aromatic heterocycles. The molecule has 34 heavy (non-hydrogen) atoms. The fourth-order valence-electron chi connectivity index (χ4n) is 4.83. The summed E-state index contributed by atoms with van der Waals surface area (Å²) in [6.07, 6.45) is 5.89. The van der Waals surface area contributed by atoms with E-state index in [-0.39, 0.29) is 23.4 Å². The minimum absolute atomic E-state index is 0.000726. The number of hydrogen-bond donors (Lipinski definition) is 1. The summed E-state index contributed by atoms with van der Waals surface area (Å²) in [7, 11) is 0. The lowest BCUT2D eigenvalue weighted by molar-refractivity contribution is 0.0736. The molecule has 0 radical (unpaired) electrons. The number of nitrogens with zero attached hydrogens (tertiary/aromatic N) is 4. The molecule has 3 heterocycles. The van der Waals surface area contributed by atoms with Gasteiger partial charge in [-0.05, 0) is 56.6 Å². The van der Waals surface area contributed by atoms with Gasteiger partial charge in [0.15, 0.2) is 5.82 Å². The molecule has 0 spiro atoms. The normalized spacial score (nSPS) is 19.3. The van der Waals surface area contributed by atoms with Crippen molar-refractivity contribution in [2.24, 2.45) is 11.7 Å². The summed E-state index contributed by atoms with van der Waals surface area (Å²) in [5, 5.41) is 4.05. The third kappa shape index (κ3) is 5.68. The first-order valence-electron chi connectivity index (χ1n) is 12.5. The van der Waals surface area contributed by atoms with E-state index in [1.165, 1.54) is 12.1 Å². The van der Waals surface area contributed by atoms with Crippen molar-refractivity contribution in [3.63, 3.8) is 0 Å². The van der Waals surface area contributed by atoms with Crippen molar-refractivity contribution < 1.29 is 18.4 Å². The number of carbonyl (C=O) groups excluding carboxylic acids is 1. The van der Waals surface area contributed by atoms with Gasteiger partial charge in [-0.2, -0.15) is 4.98 Å². The molecular formula is C25H36FN5O3. The predicted octanol–water partition coefficient (Wildman–Crippen LogP) is 3.97. The van der Waals surface area contributed by atoms with Crippen molar-refractivity contribution in [2.45, 2.75) is 64.3 Å². The molecule has 2 aliphatic rings. The molecule has 2 saturated heterocycles. The summed E-state index contributed by atoms with van der Waals surface area (Å²) in [6, 6.07) is 5.14. The average molecular weight is 474 g/mol. The number of anilines is 1. The van der Waals surface area contributed by atoms with E-state index in [4.69, 9.17) is 15.0 Å². The maximum atomic E-state index is 14.6. The summed E-state index contributed by atoms with van der Waals surface area (Å²) >= 11 is 0. The van der Waals surface area contributed by atoms with E-state index in [0.29, 0.717) is 37.4 Å². The zero-order valence-corrected chi connectivity index (χ0v) is 20.2. The SMILES string of the molecule is CC(C)c1noc(N2CCC(CCCOc3ccc(C(=O)N4CCC[C@@H]4CN)c(F)c3)CC2)n1. The molecule has 0 unspecified atom stereocenters. The van der Waals surface area contributed by atoms with Gasteiger partial charge in [-0.25, -0.2) is 4.39 Å². The molecule has 2 aromatic rings. The first kappa shape index (κ1) is 24.4. The fourth-order valence-corrected chi connectivity index (χ4v) is 4.83. The van der Waals surface area contributed by atoms with Crippen LogP contribution in [0.5, 0.6) is 5.75 Å². The first-order chi connectivity index (χ1) is 16.5. The molecular weight excluding hydrogens is 437 g/mol. The van der Waals surface area contributed by atoms with Crippen LogP contribution in [0.4, 0.5) is 10.4 Å². The van der Waals surface area contributed by atoms with Crippen molar-refractivity contribution in [1.29, 1.82) is 0 Å². The standard InChI is InChI=1S/C25H36FN5O3/c1-17(2)23-28-25(34-29-23)30-12-9-18(10-13-30)5-4-14-33-20-7-8-21(22(26)15-20)24(32)31-11-3-6-19(31)16-27/h7-8,15,17-19H,3-6,9-14,16,27H2,1-2H3/t19-/m1/s1. The van der Waals surface area contributed by atoms with E-state index in [0.717, 1.165) is 57.4 Å². The highest BCUT2D eigenvalue weighted by atomic mass is 19.1. The van der Waals surface area contributed by atoms with Crippen molar-refractivity contribution >= 4 is 11.9 Å². The molecule has 2 N–H and O–H groups in total. The second-order valence-corrected chi connectivity index (χ2v) is 9.68. The summed E-state index contributed by atoms with van der Waals surface area (Å²) < 4.78 is 25.8. The molecule has 186 valence electrons. The third-order valence-electron chi connectivity index (χ3n) is 6.94. The number of piperidine rings is 1. The third-order valence-corrected chi connectivity index (χ3v) is 6.94. The van der Waals surface area contributed by atoms with Gasteiger partial charge in [-0.15, -0.1) is 0 Å². The van der Waals surface area contributed by atoms with Crippen LogP contribution in [0.15, 0.2) is 22.7 Å². The largest absolute Gasteiger partial charge is 0.493 e. The van der Waals surface area contributed by atoms with Gasteiger partial charge in [0.25, 0.3) is 5.91 Å². The smallest absolute Gasteiger partial charge is 0.324 e. The number of carbonyl (C=O) groups is 1. The zero-order chi connectivity index (χ0) is 24.1. The molecule has 1 atom stereocenters. The quantitative estimate of drug-likeness (QED) is 0.550. The molecule has 4 rings (SSSR count). The van der Waals surface area contributed by atoms with Gasteiger partial charge >= 0.3 is 6.01 Å². The zero-order valence-electron chi connectivity index (χ0n) is 20.2. The topological polar surface area (TPSA) is 97.7 Å². The Balaban J connectivity index is 1.19. The lowest BCUT2D eigenvalue weighted by Crippen LogP contribution is -2.40. The van der Waals surface area contributed by atoms with Crippen LogP contribution in [-0.4, -0.2) is 59.8 Å². The molecule has 1 amide bonds. The Hall–Kier alpha value is -2.68. The highest BCUT2D eigenvalue weighted by molar-refractivity contribution is 5.95. The number of likely N-dealkylation sites (tertiary alicyclic amines) is 1. The van der Waals surface area contributed by atoms with E-state index in [1.807, 2.05) is 0 Å². The van der Waals surface area contributed by atoms with Crippen molar-refractivity contribution in [3.05, 3.63) is 35.4 Å². The highest BCUT2D eigenvalue weighted by Crippen LogP contribution is 2.27. The van der Waals surface area contributed by atoms with Gasteiger partial charge in [0.05, 0.1) is 12.2 Å². The van der Waals surface area contributed by atoms with E-state index < -0.39 is 5.82 Å². The van der Waals surface area contributed by atoms with Crippen molar-refractivity contribution in [2.75, 3.05) is 37.7 Å². The van der Waals surface area contributed by atoms with Gasteiger partial charge < -0.3 is 24.8 Å². The van der Waals surface area contributed by atoms with Crippen LogP contribution in [0.1, 0.15) is 74.5 Å². The van der Waals surface area contributed by atoms with E-state index in [9.17, 15) is 9.18 Å². The Morgan fingerprint density at radius 1 is 1.26 bits per heavy atom. The molecule has 1 aromatic carbocycles. The number of amides is 1. The second-order valence-electron chi connectivity index (χ2n) is 9.68. The summed E-state index contributed by atoms with van der Waals surface area (Å²) in [4.78, 5) is 21.0. The van der Waals surface area contributed by atoms with Gasteiger partial charge in [0.2, 0.25) is 0 Å². The lowest BCUT2D eigenvalue weighted by Gasteiger charge is -2.30. The Bertz CT molecular complexity index is 958. The minimum Gasteiger partial charge on any atom is -0.493 e. The van der Waals surface area contributed by atoms with Crippen LogP contribution < -0.4 is 15.4 Å².